The summed E-state index contributed by atoms with van der Waals surface area (Å²) in [5.74, 6) is -1.53. The van der Waals surface area contributed by atoms with E-state index in [0.717, 1.165) is 23.4 Å². The van der Waals surface area contributed by atoms with E-state index >= 15 is 0 Å². The zero-order valence-corrected chi connectivity index (χ0v) is 14.2. The van der Waals surface area contributed by atoms with Gasteiger partial charge in [-0.25, -0.2) is 21.9 Å². The van der Waals surface area contributed by atoms with Gasteiger partial charge in [0.2, 0.25) is 10.0 Å². The summed E-state index contributed by atoms with van der Waals surface area (Å²) < 4.78 is 58.0. The molecule has 0 spiro atoms. The van der Waals surface area contributed by atoms with Crippen molar-refractivity contribution in [1.29, 1.82) is 0 Å². The van der Waals surface area contributed by atoms with Gasteiger partial charge in [0, 0.05) is 6.54 Å². The van der Waals surface area contributed by atoms with Gasteiger partial charge in [-0.05, 0) is 56.2 Å². The van der Waals surface area contributed by atoms with Crippen LogP contribution in [0.1, 0.15) is 19.4 Å². The smallest absolute Gasteiger partial charge is 0.240 e. The van der Waals surface area contributed by atoms with E-state index in [2.05, 4.69) is 4.72 Å². The molecule has 0 heterocycles. The van der Waals surface area contributed by atoms with Crippen molar-refractivity contribution in [1.82, 2.24) is 4.72 Å². The predicted octanol–water partition coefficient (Wildman–Crippen LogP) is 3.27. The molecule has 0 amide bonds. The lowest BCUT2D eigenvalue weighted by Gasteiger charge is -2.10. The van der Waals surface area contributed by atoms with E-state index < -0.39 is 21.7 Å². The minimum atomic E-state index is -3.88. The fourth-order valence-corrected chi connectivity index (χ4v) is 3.11. The third-order valence-electron chi connectivity index (χ3n) is 3.20. The number of rotatable bonds is 7. The van der Waals surface area contributed by atoms with Gasteiger partial charge in [0.05, 0.1) is 11.0 Å². The predicted molar refractivity (Wildman–Crippen MR) is 87.5 cm³/mol. The van der Waals surface area contributed by atoms with Crippen molar-refractivity contribution in [2.45, 2.75) is 31.3 Å². The summed E-state index contributed by atoms with van der Waals surface area (Å²) in [6.07, 6.45) is 0.545. The van der Waals surface area contributed by atoms with Crippen LogP contribution in [0.4, 0.5) is 8.78 Å². The van der Waals surface area contributed by atoms with Gasteiger partial charge < -0.3 is 4.74 Å². The molecule has 24 heavy (non-hydrogen) atoms. The van der Waals surface area contributed by atoms with Crippen LogP contribution in [0.3, 0.4) is 0 Å². The lowest BCUT2D eigenvalue weighted by Crippen LogP contribution is -2.26. The van der Waals surface area contributed by atoms with Crippen LogP contribution in [0.5, 0.6) is 5.75 Å². The van der Waals surface area contributed by atoms with Gasteiger partial charge in [-0.2, -0.15) is 0 Å². The lowest BCUT2D eigenvalue weighted by atomic mass is 10.1. The zero-order chi connectivity index (χ0) is 17.7. The largest absolute Gasteiger partial charge is 0.491 e. The quantitative estimate of drug-likeness (QED) is 0.829. The molecule has 0 bridgehead atoms. The molecule has 2 aromatic carbocycles. The number of ether oxygens (including phenoxy) is 1. The van der Waals surface area contributed by atoms with E-state index in [0.29, 0.717) is 12.5 Å². The van der Waals surface area contributed by atoms with Crippen molar-refractivity contribution in [2.75, 3.05) is 6.54 Å². The summed E-state index contributed by atoms with van der Waals surface area (Å²) in [7, 11) is -3.88. The zero-order valence-electron chi connectivity index (χ0n) is 13.4. The van der Waals surface area contributed by atoms with Crippen molar-refractivity contribution >= 4 is 10.0 Å². The van der Waals surface area contributed by atoms with Crippen LogP contribution in [-0.4, -0.2) is 21.1 Å². The maximum absolute atomic E-state index is 13.1. The minimum absolute atomic E-state index is 0.0822. The molecule has 7 heteroatoms. The summed E-state index contributed by atoms with van der Waals surface area (Å²) in [5, 5.41) is 0. The van der Waals surface area contributed by atoms with Crippen molar-refractivity contribution in [3.05, 3.63) is 59.7 Å². The molecule has 1 N–H and O–H groups in total. The van der Waals surface area contributed by atoms with Crippen LogP contribution < -0.4 is 9.46 Å². The molecule has 0 aliphatic carbocycles. The fourth-order valence-electron chi connectivity index (χ4n) is 2.06. The van der Waals surface area contributed by atoms with E-state index in [1.165, 1.54) is 0 Å². The number of hydrogen-bond donors (Lipinski definition) is 1. The normalized spacial score (nSPS) is 11.7. The molecule has 2 rings (SSSR count). The Hall–Kier alpha value is -1.99. The van der Waals surface area contributed by atoms with E-state index in [-0.39, 0.29) is 17.5 Å². The summed E-state index contributed by atoms with van der Waals surface area (Å²) >= 11 is 0. The van der Waals surface area contributed by atoms with Crippen molar-refractivity contribution in [2.24, 2.45) is 0 Å². The second-order valence-electron chi connectivity index (χ2n) is 5.53. The molecule has 2 aromatic rings. The summed E-state index contributed by atoms with van der Waals surface area (Å²) in [4.78, 5) is -0.304. The molecule has 0 aliphatic rings. The molecule has 0 saturated carbocycles. The Morgan fingerprint density at radius 2 is 1.71 bits per heavy atom. The van der Waals surface area contributed by atoms with Crippen LogP contribution in [0.25, 0.3) is 0 Å². The van der Waals surface area contributed by atoms with E-state index in [1.807, 2.05) is 38.1 Å². The Labute approximate surface area is 140 Å². The molecule has 0 fully saturated rings. The Kier molecular flexibility index (Phi) is 5.90. The highest BCUT2D eigenvalue weighted by molar-refractivity contribution is 7.89. The Morgan fingerprint density at radius 1 is 1.04 bits per heavy atom. The number of sulfonamides is 1. The van der Waals surface area contributed by atoms with Crippen molar-refractivity contribution < 1.29 is 21.9 Å². The monoisotopic (exact) mass is 355 g/mol. The highest BCUT2D eigenvalue weighted by Gasteiger charge is 2.15. The second-order valence-corrected chi connectivity index (χ2v) is 7.30. The molecule has 0 atom stereocenters. The van der Waals surface area contributed by atoms with Gasteiger partial charge in [-0.15, -0.1) is 0 Å². The van der Waals surface area contributed by atoms with Gasteiger partial charge in [0.1, 0.15) is 5.75 Å². The first-order valence-corrected chi connectivity index (χ1v) is 8.96. The van der Waals surface area contributed by atoms with Crippen LogP contribution in [0, 0.1) is 11.6 Å². The Balaban J connectivity index is 1.94. The molecule has 4 nitrogen and oxygen atoms in total. The molecule has 0 saturated heterocycles. The third kappa shape index (κ3) is 5.01. The Morgan fingerprint density at radius 3 is 2.29 bits per heavy atom. The lowest BCUT2D eigenvalue weighted by molar-refractivity contribution is 0.242. The average Bonchev–Trinajstić information content (AvgIpc) is 2.51. The standard InChI is InChI=1S/C17H19F2NO3S/c1-12(2)23-14-5-3-13(4-6-14)9-10-20-24(21,22)15-7-8-16(18)17(19)11-15/h3-8,11-12,20H,9-10H2,1-2H3. The number of benzene rings is 2. The first kappa shape index (κ1) is 18.4. The van der Waals surface area contributed by atoms with Gasteiger partial charge in [0.15, 0.2) is 11.6 Å². The first-order chi connectivity index (χ1) is 11.3. The van der Waals surface area contributed by atoms with Crippen LogP contribution in [0.15, 0.2) is 47.4 Å². The fraction of sp³-hybridized carbons (Fsp3) is 0.294. The maximum Gasteiger partial charge on any atom is 0.240 e. The average molecular weight is 355 g/mol. The minimum Gasteiger partial charge on any atom is -0.491 e. The van der Waals surface area contributed by atoms with Crippen LogP contribution >= 0.6 is 0 Å². The number of hydrogen-bond acceptors (Lipinski definition) is 3. The molecule has 0 aliphatic heterocycles. The highest BCUT2D eigenvalue weighted by Crippen LogP contribution is 2.15. The van der Waals surface area contributed by atoms with E-state index in [4.69, 9.17) is 4.74 Å². The molecular weight excluding hydrogens is 336 g/mol. The SMILES string of the molecule is CC(C)Oc1ccc(CCNS(=O)(=O)c2ccc(F)c(F)c2)cc1. The van der Waals surface area contributed by atoms with Crippen LogP contribution in [0.2, 0.25) is 0 Å². The van der Waals surface area contributed by atoms with E-state index in [9.17, 15) is 17.2 Å². The van der Waals surface area contributed by atoms with Gasteiger partial charge in [0.25, 0.3) is 0 Å². The summed E-state index contributed by atoms with van der Waals surface area (Å²) in [6.45, 7) is 4.01. The molecule has 0 aromatic heterocycles. The van der Waals surface area contributed by atoms with E-state index in [1.54, 1.807) is 0 Å². The van der Waals surface area contributed by atoms with Crippen LogP contribution in [-0.2, 0) is 16.4 Å². The third-order valence-corrected chi connectivity index (χ3v) is 4.66. The number of nitrogens with one attached hydrogen (secondary N) is 1. The van der Waals surface area contributed by atoms with Crippen molar-refractivity contribution in [3.8, 4) is 5.75 Å². The molecule has 0 unspecified atom stereocenters. The van der Waals surface area contributed by atoms with Gasteiger partial charge in [-0.3, -0.25) is 0 Å². The first-order valence-electron chi connectivity index (χ1n) is 7.48. The molecule has 0 radical (unpaired) electrons. The molecule has 130 valence electrons. The summed E-state index contributed by atoms with van der Waals surface area (Å²) in [6, 6.07) is 9.82. The summed E-state index contributed by atoms with van der Waals surface area (Å²) in [5.41, 5.74) is 0.930. The van der Waals surface area contributed by atoms with Gasteiger partial charge in [-0.1, -0.05) is 12.1 Å². The number of halogens is 2. The highest BCUT2D eigenvalue weighted by atomic mass is 32.2. The topological polar surface area (TPSA) is 55.4 Å². The van der Waals surface area contributed by atoms with Gasteiger partial charge >= 0.3 is 0 Å². The second kappa shape index (κ2) is 7.72. The maximum atomic E-state index is 13.1. The van der Waals surface area contributed by atoms with Crippen molar-refractivity contribution in [3.63, 3.8) is 0 Å². The Bertz CT molecular complexity index is 790. The molecular formula is C17H19F2NO3S.